The van der Waals surface area contributed by atoms with Gasteiger partial charge >= 0.3 is 23.9 Å². The molecule has 10 nitrogen and oxygen atoms in total. The van der Waals surface area contributed by atoms with Crippen LogP contribution in [-0.2, 0) is 9.47 Å². The molecule has 5 rings (SSSR count). The van der Waals surface area contributed by atoms with Crippen LogP contribution in [0.1, 0.15) is 105 Å². The van der Waals surface area contributed by atoms with Crippen LogP contribution >= 0.6 is 0 Å². The molecule has 0 saturated carbocycles. The lowest BCUT2D eigenvalue weighted by Gasteiger charge is -2.18. The molecule has 0 saturated heterocycles. The van der Waals surface area contributed by atoms with Gasteiger partial charge in [0.2, 0.25) is 0 Å². The number of hydrogen-bond acceptors (Lipinski definition) is 10. The van der Waals surface area contributed by atoms with Gasteiger partial charge in [-0.2, -0.15) is 0 Å². The molecule has 0 amide bonds. The van der Waals surface area contributed by atoms with Crippen LogP contribution in [0.15, 0.2) is 127 Å². The fraction of sp³-hybridized carbons (Fsp3) is 0.261. The molecule has 0 aromatic heterocycles. The van der Waals surface area contributed by atoms with Crippen molar-refractivity contribution in [2.75, 3.05) is 19.8 Å². The molecule has 0 fully saturated rings. The van der Waals surface area contributed by atoms with E-state index in [0.717, 1.165) is 38.5 Å². The topological polar surface area (TPSA) is 124 Å². The molecule has 290 valence electrons. The van der Waals surface area contributed by atoms with Gasteiger partial charge in [-0.3, -0.25) is 0 Å². The van der Waals surface area contributed by atoms with Crippen molar-refractivity contribution < 1.29 is 47.6 Å². The lowest BCUT2D eigenvalue weighted by atomic mass is 10.1. The number of ether oxygens (including phenoxy) is 6. The van der Waals surface area contributed by atoms with E-state index >= 15 is 0 Å². The fourth-order valence-electron chi connectivity index (χ4n) is 5.41. The van der Waals surface area contributed by atoms with Gasteiger partial charge in [-0.1, -0.05) is 69.9 Å². The molecule has 0 heterocycles. The van der Waals surface area contributed by atoms with Gasteiger partial charge in [0, 0.05) is 0 Å². The molecule has 0 spiro atoms. The summed E-state index contributed by atoms with van der Waals surface area (Å²) in [6, 6.07) is 34.3. The van der Waals surface area contributed by atoms with E-state index in [1.54, 1.807) is 72.8 Å². The Kier molecular flexibility index (Phi) is 15.6. The summed E-state index contributed by atoms with van der Waals surface area (Å²) in [6.45, 7) is 5.23. The standard InChI is InChI=1S/C46H46O10/c1-3-5-10-30-51-38-22-14-35(15-23-38)44(48)54-40-26-18-34(19-27-40)43(47)53-32-42(33-12-8-7-9-13-33)56-46(50)37-20-28-41(29-21-37)55-45(49)36-16-24-39(25-17-36)52-31-11-6-4-2/h7-9,12-29,42H,3-6,10-11,30-32H2,1-2H3. The first-order valence-corrected chi connectivity index (χ1v) is 18.9. The van der Waals surface area contributed by atoms with Crippen LogP contribution in [0.3, 0.4) is 0 Å². The van der Waals surface area contributed by atoms with E-state index in [-0.39, 0.29) is 29.2 Å². The minimum atomic E-state index is -0.919. The highest BCUT2D eigenvalue weighted by Crippen LogP contribution is 2.24. The third-order valence-electron chi connectivity index (χ3n) is 8.60. The molecule has 0 aliphatic rings. The van der Waals surface area contributed by atoms with Gasteiger partial charge in [-0.05, 0) is 115 Å². The first-order chi connectivity index (χ1) is 27.3. The number of benzene rings is 5. The summed E-state index contributed by atoms with van der Waals surface area (Å²) < 4.78 is 33.7. The van der Waals surface area contributed by atoms with E-state index in [2.05, 4.69) is 13.8 Å². The molecule has 10 heteroatoms. The molecule has 0 bridgehead atoms. The molecule has 5 aromatic carbocycles. The van der Waals surface area contributed by atoms with Crippen molar-refractivity contribution in [3.05, 3.63) is 155 Å². The van der Waals surface area contributed by atoms with Crippen molar-refractivity contribution in [1.82, 2.24) is 0 Å². The van der Waals surface area contributed by atoms with Crippen molar-refractivity contribution in [3.63, 3.8) is 0 Å². The number of unbranched alkanes of at least 4 members (excludes halogenated alkanes) is 4. The van der Waals surface area contributed by atoms with E-state index in [0.29, 0.717) is 41.4 Å². The molecule has 0 aliphatic carbocycles. The Hall–Kier alpha value is -6.42. The highest BCUT2D eigenvalue weighted by Gasteiger charge is 2.21. The number of hydrogen-bond donors (Lipinski definition) is 0. The predicted octanol–water partition coefficient (Wildman–Crippen LogP) is 10.0. The molecule has 5 aromatic rings. The summed E-state index contributed by atoms with van der Waals surface area (Å²) in [5, 5.41) is 0. The van der Waals surface area contributed by atoms with Gasteiger partial charge in [0.05, 0.1) is 35.5 Å². The Labute approximate surface area is 327 Å². The smallest absolute Gasteiger partial charge is 0.343 e. The summed E-state index contributed by atoms with van der Waals surface area (Å²) in [7, 11) is 0. The van der Waals surface area contributed by atoms with Gasteiger partial charge in [0.25, 0.3) is 0 Å². The van der Waals surface area contributed by atoms with Gasteiger partial charge in [-0.25, -0.2) is 19.2 Å². The maximum atomic E-state index is 13.2. The highest BCUT2D eigenvalue weighted by atomic mass is 16.6. The zero-order valence-corrected chi connectivity index (χ0v) is 31.6. The van der Waals surface area contributed by atoms with E-state index < -0.39 is 30.0 Å². The predicted molar refractivity (Wildman–Crippen MR) is 211 cm³/mol. The number of esters is 4. The van der Waals surface area contributed by atoms with Gasteiger partial charge in [0.15, 0.2) is 6.10 Å². The Morgan fingerprint density at radius 2 is 0.839 bits per heavy atom. The second kappa shape index (κ2) is 21.5. The largest absolute Gasteiger partial charge is 0.494 e. The van der Waals surface area contributed by atoms with E-state index in [9.17, 15) is 19.2 Å². The van der Waals surface area contributed by atoms with Gasteiger partial charge < -0.3 is 28.4 Å². The van der Waals surface area contributed by atoms with Crippen molar-refractivity contribution in [3.8, 4) is 23.0 Å². The maximum absolute atomic E-state index is 13.2. The summed E-state index contributed by atoms with van der Waals surface area (Å²) in [5.74, 6) is -0.563. The van der Waals surface area contributed by atoms with E-state index in [1.807, 2.05) is 6.07 Å². The maximum Gasteiger partial charge on any atom is 0.343 e. The van der Waals surface area contributed by atoms with Crippen LogP contribution in [0.2, 0.25) is 0 Å². The number of carbonyl (C=O) groups excluding carboxylic acids is 4. The van der Waals surface area contributed by atoms with Gasteiger partial charge in [0.1, 0.15) is 29.6 Å². The van der Waals surface area contributed by atoms with Crippen LogP contribution in [0.4, 0.5) is 0 Å². The summed E-state index contributed by atoms with van der Waals surface area (Å²) in [5.41, 5.74) is 1.75. The SMILES string of the molecule is CCCCCOc1ccc(C(=O)Oc2ccc(C(=O)OCC(OC(=O)c3ccc(OC(=O)c4ccc(OCCCCC)cc4)cc3)c3ccccc3)cc2)cc1. The zero-order chi connectivity index (χ0) is 39.5. The average Bonchev–Trinajstić information content (AvgIpc) is 3.23. The Bertz CT molecular complexity index is 1990. The molecule has 1 unspecified atom stereocenters. The number of rotatable bonds is 20. The van der Waals surface area contributed by atoms with Crippen LogP contribution in [0.5, 0.6) is 23.0 Å². The van der Waals surface area contributed by atoms with Crippen molar-refractivity contribution >= 4 is 23.9 Å². The highest BCUT2D eigenvalue weighted by molar-refractivity contribution is 5.93. The Morgan fingerprint density at radius 3 is 1.27 bits per heavy atom. The normalized spacial score (nSPS) is 11.2. The third kappa shape index (κ3) is 12.6. The van der Waals surface area contributed by atoms with Gasteiger partial charge in [-0.15, -0.1) is 0 Å². The molecule has 1 atom stereocenters. The minimum Gasteiger partial charge on any atom is -0.494 e. The lowest BCUT2D eigenvalue weighted by Crippen LogP contribution is -2.19. The molecular formula is C46H46O10. The molecule has 0 radical (unpaired) electrons. The Balaban J connectivity index is 1.12. The summed E-state index contributed by atoms with van der Waals surface area (Å²) in [6.07, 6.45) is 5.42. The molecule has 0 N–H and O–H groups in total. The van der Waals surface area contributed by atoms with Crippen molar-refractivity contribution in [2.24, 2.45) is 0 Å². The average molecular weight is 759 g/mol. The molecule has 56 heavy (non-hydrogen) atoms. The minimum absolute atomic E-state index is 0.207. The second-order valence-electron chi connectivity index (χ2n) is 12.9. The zero-order valence-electron chi connectivity index (χ0n) is 31.6. The van der Waals surface area contributed by atoms with Crippen LogP contribution in [-0.4, -0.2) is 43.7 Å². The quantitative estimate of drug-likeness (QED) is 0.0430. The van der Waals surface area contributed by atoms with Crippen LogP contribution < -0.4 is 18.9 Å². The Morgan fingerprint density at radius 1 is 0.446 bits per heavy atom. The number of carbonyl (C=O) groups is 4. The first-order valence-electron chi connectivity index (χ1n) is 18.9. The third-order valence-corrected chi connectivity index (χ3v) is 8.60. The van der Waals surface area contributed by atoms with Crippen LogP contribution in [0, 0.1) is 0 Å². The van der Waals surface area contributed by atoms with Crippen molar-refractivity contribution in [1.29, 1.82) is 0 Å². The molecular weight excluding hydrogens is 712 g/mol. The molecule has 0 aliphatic heterocycles. The van der Waals surface area contributed by atoms with E-state index in [4.69, 9.17) is 28.4 Å². The fourth-order valence-corrected chi connectivity index (χ4v) is 5.41. The monoisotopic (exact) mass is 758 g/mol. The summed E-state index contributed by atoms with van der Waals surface area (Å²) in [4.78, 5) is 51.6. The first kappa shape index (κ1) is 40.8. The van der Waals surface area contributed by atoms with Crippen LogP contribution in [0.25, 0.3) is 0 Å². The van der Waals surface area contributed by atoms with Crippen molar-refractivity contribution in [2.45, 2.75) is 58.5 Å². The second-order valence-corrected chi connectivity index (χ2v) is 12.9. The van der Waals surface area contributed by atoms with E-state index in [1.165, 1.54) is 48.5 Å². The lowest BCUT2D eigenvalue weighted by molar-refractivity contribution is -0.00134. The summed E-state index contributed by atoms with van der Waals surface area (Å²) >= 11 is 0.